The van der Waals surface area contributed by atoms with Crippen LogP contribution in [0.1, 0.15) is 18.1 Å². The van der Waals surface area contributed by atoms with Crippen LogP contribution in [-0.2, 0) is 27.4 Å². The highest BCUT2D eigenvalue weighted by Crippen LogP contribution is 2.47. The fourth-order valence-electron chi connectivity index (χ4n) is 4.68. The van der Waals surface area contributed by atoms with Crippen LogP contribution in [0.15, 0.2) is 46.2 Å². The first-order valence-corrected chi connectivity index (χ1v) is 12.9. The number of alkyl halides is 3. The molecule has 2 aromatic carbocycles. The first kappa shape index (κ1) is 22.5. The predicted molar refractivity (Wildman–Crippen MR) is 120 cm³/mol. The fraction of sp³-hybridized carbons (Fsp3) is 0.409. The lowest BCUT2D eigenvalue weighted by Gasteiger charge is -2.36. The average molecular weight is 498 g/mol. The first-order chi connectivity index (χ1) is 15.6. The number of thioether (sulfide) groups is 1. The van der Waals surface area contributed by atoms with Crippen LogP contribution in [0, 0.1) is 0 Å². The molecule has 11 heteroatoms. The van der Waals surface area contributed by atoms with Gasteiger partial charge < -0.3 is 9.80 Å². The van der Waals surface area contributed by atoms with Crippen molar-refractivity contribution in [2.75, 3.05) is 42.5 Å². The molecule has 0 aromatic heterocycles. The van der Waals surface area contributed by atoms with Crippen LogP contribution in [0.3, 0.4) is 0 Å². The molecule has 0 unspecified atom stereocenters. The summed E-state index contributed by atoms with van der Waals surface area (Å²) in [6.45, 7) is 3.45. The molecule has 5 rings (SSSR count). The maximum absolute atomic E-state index is 13.5. The normalized spacial score (nSPS) is 21.5. The third-order valence-corrected chi connectivity index (χ3v) is 9.38. The van der Waals surface area contributed by atoms with Gasteiger partial charge in [0.05, 0.1) is 22.6 Å². The van der Waals surface area contributed by atoms with Gasteiger partial charge in [-0.2, -0.15) is 17.5 Å². The van der Waals surface area contributed by atoms with Gasteiger partial charge in [-0.25, -0.2) is 8.42 Å². The molecule has 2 aromatic rings. The van der Waals surface area contributed by atoms with Gasteiger partial charge in [-0.1, -0.05) is 13.0 Å². The molecule has 0 spiro atoms. The highest BCUT2D eigenvalue weighted by Gasteiger charge is 2.40. The number of hydrogen-bond acceptors (Lipinski definition) is 5. The van der Waals surface area contributed by atoms with Crippen LogP contribution < -0.4 is 9.80 Å². The van der Waals surface area contributed by atoms with Gasteiger partial charge in [-0.05, 0) is 30.3 Å². The fourth-order valence-corrected chi connectivity index (χ4v) is 7.47. The van der Waals surface area contributed by atoms with Crippen LogP contribution in [0.5, 0.6) is 0 Å². The number of nitrogens with zero attached hydrogens (tertiary/aromatic N) is 3. The minimum absolute atomic E-state index is 0.0647. The zero-order valence-electron chi connectivity index (χ0n) is 17.8. The summed E-state index contributed by atoms with van der Waals surface area (Å²) in [4.78, 5) is 17.1. The van der Waals surface area contributed by atoms with E-state index >= 15 is 0 Å². The van der Waals surface area contributed by atoms with E-state index in [9.17, 15) is 26.4 Å². The standard InChI is InChI=1S/C22H22F3N3O3S2/c1-14-13-28-20(29)12-17-19(6-5-18(32-14)21(17)28)33(30,31)27-9-7-26(8-10-27)16-4-2-3-15(11-16)22(23,24)25/h2-6,11,14H,7-10,12-13H2,1H3/t14-/m0/s1. The lowest BCUT2D eigenvalue weighted by molar-refractivity contribution is -0.137. The molecular formula is C22H22F3N3O3S2. The average Bonchev–Trinajstić information content (AvgIpc) is 3.10. The Bertz CT molecular complexity index is 1230. The smallest absolute Gasteiger partial charge is 0.369 e. The van der Waals surface area contributed by atoms with Crippen molar-refractivity contribution in [3.63, 3.8) is 0 Å². The topological polar surface area (TPSA) is 60.9 Å². The van der Waals surface area contributed by atoms with Crippen LogP contribution in [0.2, 0.25) is 0 Å². The quantitative estimate of drug-likeness (QED) is 0.649. The molecule has 0 radical (unpaired) electrons. The summed E-state index contributed by atoms with van der Waals surface area (Å²) in [5.41, 5.74) is 0.958. The third-order valence-electron chi connectivity index (χ3n) is 6.26. The molecule has 1 atom stereocenters. The van der Waals surface area contributed by atoms with E-state index in [1.165, 1.54) is 10.4 Å². The molecule has 176 valence electrons. The van der Waals surface area contributed by atoms with Crippen molar-refractivity contribution in [1.29, 1.82) is 0 Å². The third kappa shape index (κ3) is 3.89. The van der Waals surface area contributed by atoms with Crippen molar-refractivity contribution in [1.82, 2.24) is 4.31 Å². The Morgan fingerprint density at radius 3 is 2.48 bits per heavy atom. The van der Waals surface area contributed by atoms with Crippen molar-refractivity contribution in [2.24, 2.45) is 0 Å². The van der Waals surface area contributed by atoms with E-state index in [0.717, 1.165) is 17.0 Å². The second-order valence-electron chi connectivity index (χ2n) is 8.44. The first-order valence-electron chi connectivity index (χ1n) is 10.6. The number of anilines is 2. The lowest BCUT2D eigenvalue weighted by atomic mass is 10.1. The van der Waals surface area contributed by atoms with Crippen molar-refractivity contribution < 1.29 is 26.4 Å². The second kappa shape index (κ2) is 7.92. The summed E-state index contributed by atoms with van der Waals surface area (Å²) in [5, 5.41) is 0.235. The van der Waals surface area contributed by atoms with Crippen LogP contribution in [-0.4, -0.2) is 56.6 Å². The molecule has 6 nitrogen and oxygen atoms in total. The molecule has 0 bridgehead atoms. The van der Waals surface area contributed by atoms with Crippen molar-refractivity contribution in [3.05, 3.63) is 47.5 Å². The van der Waals surface area contributed by atoms with Crippen molar-refractivity contribution in [3.8, 4) is 0 Å². The van der Waals surface area contributed by atoms with Gasteiger partial charge in [0.15, 0.2) is 0 Å². The Labute approximate surface area is 194 Å². The Morgan fingerprint density at radius 1 is 1.06 bits per heavy atom. The Balaban J connectivity index is 1.38. The molecule has 33 heavy (non-hydrogen) atoms. The maximum atomic E-state index is 13.5. The van der Waals surface area contributed by atoms with Gasteiger partial charge in [-0.15, -0.1) is 11.8 Å². The lowest BCUT2D eigenvalue weighted by Crippen LogP contribution is -2.48. The largest absolute Gasteiger partial charge is 0.416 e. The summed E-state index contributed by atoms with van der Waals surface area (Å²) in [6.07, 6.45) is -4.37. The summed E-state index contributed by atoms with van der Waals surface area (Å²) < 4.78 is 67.5. The van der Waals surface area contributed by atoms with E-state index in [1.54, 1.807) is 39.8 Å². The molecule has 3 aliphatic heterocycles. The highest BCUT2D eigenvalue weighted by molar-refractivity contribution is 8.00. The van der Waals surface area contributed by atoms with Gasteiger partial charge in [-0.3, -0.25) is 4.79 Å². The number of amides is 1. The second-order valence-corrected chi connectivity index (χ2v) is 11.8. The number of hydrogen-bond donors (Lipinski definition) is 0. The molecule has 1 fully saturated rings. The summed E-state index contributed by atoms with van der Waals surface area (Å²) in [7, 11) is -3.85. The van der Waals surface area contributed by atoms with Crippen LogP contribution in [0.25, 0.3) is 0 Å². The van der Waals surface area contributed by atoms with Gasteiger partial charge in [0.2, 0.25) is 15.9 Å². The van der Waals surface area contributed by atoms with Crippen molar-refractivity contribution in [2.45, 2.75) is 34.6 Å². The minimum Gasteiger partial charge on any atom is -0.369 e. The molecule has 0 aliphatic carbocycles. The SMILES string of the molecule is C[C@H]1CN2C(=O)Cc3c(S(=O)(=O)N4CCN(c5cccc(C(F)(F)F)c5)CC4)ccc(c32)S1. The van der Waals surface area contributed by atoms with E-state index in [1.807, 2.05) is 6.92 Å². The van der Waals surface area contributed by atoms with Gasteiger partial charge >= 0.3 is 6.18 Å². The molecule has 3 heterocycles. The van der Waals surface area contributed by atoms with E-state index in [2.05, 4.69) is 0 Å². The monoisotopic (exact) mass is 497 g/mol. The van der Waals surface area contributed by atoms with Gasteiger partial charge in [0, 0.05) is 54.1 Å². The van der Waals surface area contributed by atoms with E-state index in [4.69, 9.17) is 0 Å². The number of sulfonamides is 1. The summed E-state index contributed by atoms with van der Waals surface area (Å²) in [5.74, 6) is -0.0876. The van der Waals surface area contributed by atoms with E-state index in [-0.39, 0.29) is 48.7 Å². The minimum atomic E-state index is -4.43. The summed E-state index contributed by atoms with van der Waals surface area (Å²) in [6, 6.07) is 8.43. The number of rotatable bonds is 3. The Hall–Kier alpha value is -2.24. The number of piperazine rings is 1. The molecular weight excluding hydrogens is 475 g/mol. The number of halogens is 3. The molecule has 1 amide bonds. The number of carbonyl (C=O) groups is 1. The van der Waals surface area contributed by atoms with Crippen LogP contribution >= 0.6 is 11.8 Å². The number of carbonyl (C=O) groups excluding carboxylic acids is 1. The van der Waals surface area contributed by atoms with Crippen LogP contribution in [0.4, 0.5) is 24.5 Å². The Kier molecular flexibility index (Phi) is 5.41. The Morgan fingerprint density at radius 2 is 1.79 bits per heavy atom. The van der Waals surface area contributed by atoms with E-state index < -0.39 is 21.8 Å². The van der Waals surface area contributed by atoms with E-state index in [0.29, 0.717) is 23.5 Å². The van der Waals surface area contributed by atoms with Gasteiger partial charge in [0.25, 0.3) is 0 Å². The maximum Gasteiger partial charge on any atom is 0.416 e. The molecule has 0 N–H and O–H groups in total. The summed E-state index contributed by atoms with van der Waals surface area (Å²) >= 11 is 1.64. The van der Waals surface area contributed by atoms with Crippen molar-refractivity contribution >= 4 is 39.1 Å². The highest BCUT2D eigenvalue weighted by atomic mass is 32.2. The van der Waals surface area contributed by atoms with Gasteiger partial charge in [0.1, 0.15) is 0 Å². The zero-order valence-corrected chi connectivity index (χ0v) is 19.4. The molecule has 0 saturated carbocycles. The predicted octanol–water partition coefficient (Wildman–Crippen LogP) is 3.60. The molecule has 3 aliphatic rings. The number of benzene rings is 2. The molecule has 1 saturated heterocycles. The zero-order chi connectivity index (χ0) is 23.5.